The normalized spacial score (nSPS) is 35.8. The van der Waals surface area contributed by atoms with Crippen molar-refractivity contribution in [2.75, 3.05) is 0 Å². The highest BCUT2D eigenvalue weighted by Gasteiger charge is 2.47. The Morgan fingerprint density at radius 2 is 1.41 bits per heavy atom. The van der Waals surface area contributed by atoms with Crippen molar-refractivity contribution >= 4 is 29.2 Å². The number of aryl methyl sites for hydroxylation is 1. The molecule has 0 spiro atoms. The number of hydrogen-bond donors (Lipinski definition) is 5. The molecule has 9 atom stereocenters. The first-order chi connectivity index (χ1) is 21.5. The largest absolute Gasteiger partial charge is 0.507 e. The smallest absolute Gasteiger partial charge is 0.315 e. The van der Waals surface area contributed by atoms with Crippen molar-refractivity contribution in [2.24, 2.45) is 29.6 Å². The zero-order chi connectivity index (χ0) is 34.4. The highest BCUT2D eigenvalue weighted by molar-refractivity contribution is 6.30. The Morgan fingerprint density at radius 3 is 2.07 bits per heavy atom. The first kappa shape index (κ1) is 34.7. The molecule has 11 heteroatoms. The van der Waals surface area contributed by atoms with E-state index in [2.05, 4.69) is 5.32 Å². The number of esters is 1. The lowest BCUT2D eigenvalue weighted by Gasteiger charge is -2.42. The molecule has 5 aliphatic heterocycles. The van der Waals surface area contributed by atoms with Gasteiger partial charge in [0, 0.05) is 46.4 Å². The van der Waals surface area contributed by atoms with Crippen LogP contribution in [0.2, 0.25) is 0 Å². The van der Waals surface area contributed by atoms with Gasteiger partial charge in [0.05, 0.1) is 29.6 Å². The standard InChI is InChI=1S/C35H41NO10/c1-14-9-8-10-15(2)34(44)36-23-13-24(37)25-21(32(23)43)11-16(3)28(39)26(25)29(40)17(4)12-22-31(42)20(7)33(46-35(22)45)19(6)30(41)18(5)27(14)38/h8-14,18-20,22,27,30-31,33,38-39,41-42H,1-7H3,(H,36,44)/b9-8+,15-10-,17-12-/t14?,18?,19?,20-,22?,27?,30?,31?,33?/m0/s1. The van der Waals surface area contributed by atoms with Crippen LogP contribution in [0.25, 0.3) is 0 Å². The number of Topliss-reactive ketones (excluding diaryl/α,β-unsaturated/α-hetero) is 2. The third-order valence-electron chi connectivity index (χ3n) is 9.51. The lowest BCUT2D eigenvalue weighted by atomic mass is 9.75. The van der Waals surface area contributed by atoms with Gasteiger partial charge in [-0.15, -0.1) is 0 Å². The second kappa shape index (κ2) is 13.3. The Labute approximate surface area is 267 Å². The van der Waals surface area contributed by atoms with Crippen LogP contribution in [0.1, 0.15) is 78.2 Å². The predicted molar refractivity (Wildman–Crippen MR) is 167 cm³/mol. The Kier molecular flexibility index (Phi) is 10.0. The van der Waals surface area contributed by atoms with Gasteiger partial charge in [0.25, 0.3) is 5.91 Å². The van der Waals surface area contributed by atoms with E-state index in [-0.39, 0.29) is 33.5 Å². The Morgan fingerprint density at radius 1 is 0.783 bits per heavy atom. The van der Waals surface area contributed by atoms with E-state index >= 15 is 0 Å². The van der Waals surface area contributed by atoms with Gasteiger partial charge in [-0.3, -0.25) is 24.0 Å². The highest BCUT2D eigenvalue weighted by atomic mass is 16.6. The van der Waals surface area contributed by atoms with Crippen LogP contribution in [0, 0.1) is 36.5 Å². The van der Waals surface area contributed by atoms with E-state index in [1.807, 2.05) is 0 Å². The van der Waals surface area contributed by atoms with E-state index in [1.165, 1.54) is 39.0 Å². The number of ketones is 3. The van der Waals surface area contributed by atoms with Crippen molar-refractivity contribution in [3.63, 3.8) is 0 Å². The molecule has 0 radical (unpaired) electrons. The van der Waals surface area contributed by atoms with E-state index in [0.29, 0.717) is 0 Å². The SMILES string of the molecule is C/C1=C/C=C/C(C)C(O)C(C)C(O)C(C)C2OC(=O)C(/C=C(/C)C(=O)c3c(O)c(C)cc4c3C(=O)C=C(NC1=O)C4=O)C(O)[C@@H]2C. The molecule has 6 bridgehead atoms. The topological polar surface area (TPSA) is 188 Å². The molecule has 5 N–H and O–H groups in total. The van der Waals surface area contributed by atoms with Gasteiger partial charge in [0.2, 0.25) is 5.78 Å². The van der Waals surface area contributed by atoms with Gasteiger partial charge in [-0.1, -0.05) is 52.0 Å². The molecule has 5 heterocycles. The molecule has 11 nitrogen and oxygen atoms in total. The highest BCUT2D eigenvalue weighted by Crippen LogP contribution is 2.38. The van der Waals surface area contributed by atoms with Gasteiger partial charge in [0.15, 0.2) is 11.6 Å². The Bertz CT molecular complexity index is 1610. The molecule has 1 aromatic carbocycles. The van der Waals surface area contributed by atoms with Crippen LogP contribution in [-0.4, -0.2) is 74.1 Å². The number of allylic oxidation sites excluding steroid dienone is 5. The van der Waals surface area contributed by atoms with Gasteiger partial charge in [-0.25, -0.2) is 0 Å². The molecule has 1 amide bonds. The minimum atomic E-state index is -1.32. The average Bonchev–Trinajstić information content (AvgIpc) is 3.01. The summed E-state index contributed by atoms with van der Waals surface area (Å²) in [6.45, 7) is 11.0. The van der Waals surface area contributed by atoms with Crippen LogP contribution in [0.3, 0.4) is 0 Å². The fraction of sp³-hybridized carbons (Fsp3) is 0.457. The molecule has 46 heavy (non-hydrogen) atoms. The minimum absolute atomic E-state index is 0.0939. The summed E-state index contributed by atoms with van der Waals surface area (Å²) < 4.78 is 5.71. The van der Waals surface area contributed by atoms with Crippen molar-refractivity contribution in [3.05, 3.63) is 75.5 Å². The van der Waals surface area contributed by atoms with Crippen LogP contribution in [-0.2, 0) is 14.3 Å². The maximum Gasteiger partial charge on any atom is 0.315 e. The molecule has 6 aliphatic rings. The molecule has 8 unspecified atom stereocenters. The fourth-order valence-electron chi connectivity index (χ4n) is 6.39. The number of amides is 1. The minimum Gasteiger partial charge on any atom is -0.507 e. The van der Waals surface area contributed by atoms with Crippen molar-refractivity contribution in [2.45, 2.75) is 72.9 Å². The number of ether oxygens (including phenoxy) is 1. The summed E-state index contributed by atoms with van der Waals surface area (Å²) in [6, 6.07) is 1.26. The fourth-order valence-corrected chi connectivity index (χ4v) is 6.39. The van der Waals surface area contributed by atoms with Crippen molar-refractivity contribution in [3.8, 4) is 5.75 Å². The predicted octanol–water partition coefficient (Wildman–Crippen LogP) is 2.89. The first-order valence-corrected chi connectivity index (χ1v) is 15.3. The average molecular weight is 636 g/mol. The second-order valence-corrected chi connectivity index (χ2v) is 12.8. The lowest BCUT2D eigenvalue weighted by Crippen LogP contribution is -2.53. The number of phenolic OH excluding ortho intramolecular Hbond substituents is 1. The molecule has 246 valence electrons. The van der Waals surface area contributed by atoms with E-state index < -0.39 is 94.5 Å². The summed E-state index contributed by atoms with van der Waals surface area (Å²) >= 11 is 0. The molecule has 0 saturated carbocycles. The second-order valence-electron chi connectivity index (χ2n) is 12.8. The number of benzene rings is 1. The van der Waals surface area contributed by atoms with Gasteiger partial charge in [0.1, 0.15) is 17.8 Å². The summed E-state index contributed by atoms with van der Waals surface area (Å²) in [6.07, 6.45) is 2.38. The number of phenols is 1. The molecular formula is C35H41NO10. The number of aromatic hydroxyl groups is 1. The quantitative estimate of drug-likeness (QED) is 0.265. The number of carbonyl (C=O) groups is 5. The number of rotatable bonds is 0. The summed E-state index contributed by atoms with van der Waals surface area (Å²) in [5, 5.41) is 46.8. The lowest BCUT2D eigenvalue weighted by molar-refractivity contribution is -0.186. The number of aliphatic hydroxyl groups excluding tert-OH is 3. The van der Waals surface area contributed by atoms with E-state index in [1.54, 1.807) is 39.8 Å². The third kappa shape index (κ3) is 6.27. The molecule has 1 aromatic rings. The molecule has 1 aliphatic carbocycles. The number of carbonyl (C=O) groups excluding carboxylic acids is 5. The summed E-state index contributed by atoms with van der Waals surface area (Å²) in [4.78, 5) is 66.8. The maximum atomic E-state index is 13.8. The van der Waals surface area contributed by atoms with Gasteiger partial charge in [-0.2, -0.15) is 0 Å². The van der Waals surface area contributed by atoms with Crippen molar-refractivity contribution in [1.29, 1.82) is 0 Å². The number of hydrogen-bond acceptors (Lipinski definition) is 10. The third-order valence-corrected chi connectivity index (χ3v) is 9.51. The number of aliphatic hydroxyl groups is 3. The van der Waals surface area contributed by atoms with E-state index in [9.17, 15) is 44.4 Å². The monoisotopic (exact) mass is 635 g/mol. The van der Waals surface area contributed by atoms with Crippen molar-refractivity contribution in [1.82, 2.24) is 5.32 Å². The zero-order valence-corrected chi connectivity index (χ0v) is 26.9. The van der Waals surface area contributed by atoms with Gasteiger partial charge < -0.3 is 30.5 Å². The van der Waals surface area contributed by atoms with Crippen LogP contribution in [0.4, 0.5) is 0 Å². The molecular weight excluding hydrogens is 594 g/mol. The van der Waals surface area contributed by atoms with Gasteiger partial charge in [-0.05, 0) is 38.0 Å². The van der Waals surface area contributed by atoms with Crippen LogP contribution >= 0.6 is 0 Å². The van der Waals surface area contributed by atoms with Gasteiger partial charge >= 0.3 is 5.97 Å². The summed E-state index contributed by atoms with van der Waals surface area (Å²) in [5.74, 6) is -8.22. The molecule has 7 rings (SSSR count). The van der Waals surface area contributed by atoms with Crippen LogP contribution in [0.15, 0.2) is 53.3 Å². The number of nitrogens with one attached hydrogen (secondary N) is 1. The Balaban J connectivity index is 1.85. The van der Waals surface area contributed by atoms with E-state index in [4.69, 9.17) is 4.74 Å². The molecule has 0 aromatic heterocycles. The maximum absolute atomic E-state index is 13.8. The van der Waals surface area contributed by atoms with Crippen molar-refractivity contribution < 1.29 is 49.1 Å². The molecule has 1 fully saturated rings. The Hall–Kier alpha value is -4.19. The van der Waals surface area contributed by atoms with Crippen LogP contribution in [0.5, 0.6) is 5.75 Å². The summed E-state index contributed by atoms with van der Waals surface area (Å²) in [5.41, 5.74) is -1.06. The van der Waals surface area contributed by atoms with Crippen LogP contribution < -0.4 is 5.32 Å². The van der Waals surface area contributed by atoms with E-state index in [0.717, 1.165) is 6.08 Å². The summed E-state index contributed by atoms with van der Waals surface area (Å²) in [7, 11) is 0. The first-order valence-electron chi connectivity index (χ1n) is 15.3. The molecule has 1 saturated heterocycles. The zero-order valence-electron chi connectivity index (χ0n) is 26.9.